The van der Waals surface area contributed by atoms with Crippen molar-refractivity contribution in [2.45, 2.75) is 64.7 Å². The molecule has 0 saturated carbocycles. The number of rotatable bonds is 9. The summed E-state index contributed by atoms with van der Waals surface area (Å²) in [6, 6.07) is 6.29. The first-order valence-electron chi connectivity index (χ1n) is 11.0. The first-order chi connectivity index (χ1) is 17.1. The quantitative estimate of drug-likeness (QED) is 0.367. The number of aromatic nitrogens is 2. The third-order valence-corrected chi connectivity index (χ3v) is 3.94. The van der Waals surface area contributed by atoms with E-state index >= 15 is 0 Å². The number of nitrogens with one attached hydrogen (secondary N) is 1. The number of nitrogens with zero attached hydrogens (tertiary/aromatic N) is 2. The molecule has 0 bridgehead atoms. The van der Waals surface area contributed by atoms with E-state index in [0.717, 1.165) is 5.56 Å². The Hall–Kier alpha value is -3.00. The van der Waals surface area contributed by atoms with Crippen LogP contribution >= 0.6 is 12.4 Å². The molecular formula is C23H31ClF6N4O4. The number of alkyl carbamates (subject to hydrolysis) is 1. The lowest BCUT2D eigenvalue weighted by Crippen LogP contribution is -2.32. The van der Waals surface area contributed by atoms with Crippen LogP contribution in [0.15, 0.2) is 36.7 Å². The highest BCUT2D eigenvalue weighted by molar-refractivity contribution is 5.85. The Kier molecular flexibility index (Phi) is 14.8. The predicted octanol–water partition coefficient (Wildman–Crippen LogP) is 5.73. The lowest BCUT2D eigenvalue weighted by Gasteiger charge is -2.19. The number of pyridine rings is 2. The molecule has 15 heteroatoms. The minimum Gasteiger partial charge on any atom is -0.477 e. The minimum atomic E-state index is -4.27. The molecule has 0 aliphatic carbocycles. The Morgan fingerprint density at radius 1 is 0.868 bits per heavy atom. The highest BCUT2D eigenvalue weighted by Crippen LogP contribution is 2.21. The predicted molar refractivity (Wildman–Crippen MR) is 129 cm³/mol. The fourth-order valence-electron chi connectivity index (χ4n) is 2.33. The summed E-state index contributed by atoms with van der Waals surface area (Å²) in [5.41, 5.74) is 6.16. The van der Waals surface area contributed by atoms with Crippen molar-refractivity contribution in [3.8, 4) is 11.8 Å². The van der Waals surface area contributed by atoms with Crippen molar-refractivity contribution < 1.29 is 45.3 Å². The van der Waals surface area contributed by atoms with Crippen LogP contribution < -0.4 is 20.5 Å². The molecule has 0 spiro atoms. The summed E-state index contributed by atoms with van der Waals surface area (Å²) in [6.07, 6.45) is -8.23. The van der Waals surface area contributed by atoms with Gasteiger partial charge in [-0.15, -0.1) is 12.4 Å². The van der Waals surface area contributed by atoms with Gasteiger partial charge in [0.25, 0.3) is 0 Å². The lowest BCUT2D eigenvalue weighted by atomic mass is 10.2. The topological polar surface area (TPSA) is 109 Å². The molecular weight excluding hydrogens is 546 g/mol. The van der Waals surface area contributed by atoms with Gasteiger partial charge in [0.05, 0.1) is 26.1 Å². The maximum absolute atomic E-state index is 12.0. The molecule has 0 saturated heterocycles. The summed E-state index contributed by atoms with van der Waals surface area (Å²) in [6.45, 7) is 4.76. The van der Waals surface area contributed by atoms with Crippen molar-refractivity contribution in [3.05, 3.63) is 47.8 Å². The van der Waals surface area contributed by atoms with E-state index in [4.69, 9.17) is 19.9 Å². The second-order valence-corrected chi connectivity index (χ2v) is 8.49. The number of hydrogen-bond donors (Lipinski definition) is 2. The maximum atomic E-state index is 12.0. The van der Waals surface area contributed by atoms with E-state index in [9.17, 15) is 31.1 Å². The van der Waals surface area contributed by atoms with Crippen molar-refractivity contribution >= 4 is 18.5 Å². The molecule has 0 aromatic carbocycles. The zero-order chi connectivity index (χ0) is 28.1. The summed E-state index contributed by atoms with van der Waals surface area (Å²) < 4.78 is 86.3. The number of carbonyl (C=O) groups is 1. The van der Waals surface area contributed by atoms with Gasteiger partial charge in [-0.05, 0) is 44.0 Å². The van der Waals surface area contributed by atoms with Crippen molar-refractivity contribution in [3.63, 3.8) is 0 Å². The summed E-state index contributed by atoms with van der Waals surface area (Å²) in [5, 5.41) is 2.54. The molecule has 3 N–H and O–H groups in total. The Bertz CT molecular complexity index is 972. The molecule has 2 aromatic rings. The van der Waals surface area contributed by atoms with E-state index in [1.807, 2.05) is 0 Å². The Morgan fingerprint density at radius 2 is 1.32 bits per heavy atom. The lowest BCUT2D eigenvalue weighted by molar-refractivity contribution is -0.140. The molecule has 2 rings (SSSR count). The van der Waals surface area contributed by atoms with Crippen LogP contribution in [0.1, 0.15) is 44.7 Å². The second kappa shape index (κ2) is 16.1. The molecule has 38 heavy (non-hydrogen) atoms. The Labute approximate surface area is 222 Å². The molecule has 0 aliphatic rings. The number of ether oxygens (including phenoxy) is 3. The highest BCUT2D eigenvalue weighted by atomic mass is 35.5. The van der Waals surface area contributed by atoms with Gasteiger partial charge in [-0.1, -0.05) is 0 Å². The molecule has 0 atom stereocenters. The second-order valence-electron chi connectivity index (χ2n) is 8.49. The van der Waals surface area contributed by atoms with Crippen molar-refractivity contribution in [1.82, 2.24) is 15.3 Å². The van der Waals surface area contributed by atoms with E-state index in [1.54, 1.807) is 32.9 Å². The number of hydrogen-bond acceptors (Lipinski definition) is 7. The molecule has 0 unspecified atom stereocenters. The van der Waals surface area contributed by atoms with Crippen LogP contribution in [-0.4, -0.2) is 47.2 Å². The zero-order valence-corrected chi connectivity index (χ0v) is 21.8. The maximum Gasteiger partial charge on any atom is 0.407 e. The summed E-state index contributed by atoms with van der Waals surface area (Å²) in [7, 11) is 0. The third kappa shape index (κ3) is 18.3. The molecule has 2 aromatic heterocycles. The minimum absolute atomic E-state index is 0. The van der Waals surface area contributed by atoms with Gasteiger partial charge in [-0.2, -0.15) is 26.3 Å². The van der Waals surface area contributed by atoms with E-state index < -0.39 is 50.1 Å². The number of halogens is 7. The summed E-state index contributed by atoms with van der Waals surface area (Å²) in [5.74, 6) is 0.245. The van der Waals surface area contributed by atoms with Gasteiger partial charge >= 0.3 is 18.4 Å². The fraction of sp³-hybridized carbons (Fsp3) is 0.522. The van der Waals surface area contributed by atoms with Crippen molar-refractivity contribution in [2.24, 2.45) is 5.73 Å². The monoisotopic (exact) mass is 576 g/mol. The van der Waals surface area contributed by atoms with Crippen LogP contribution in [0.25, 0.3) is 0 Å². The van der Waals surface area contributed by atoms with E-state index in [2.05, 4.69) is 15.3 Å². The normalized spacial score (nSPS) is 11.4. The largest absolute Gasteiger partial charge is 0.477 e. The fourth-order valence-corrected chi connectivity index (χ4v) is 2.33. The van der Waals surface area contributed by atoms with Crippen LogP contribution in [0.5, 0.6) is 11.8 Å². The van der Waals surface area contributed by atoms with Gasteiger partial charge < -0.3 is 25.3 Å². The van der Waals surface area contributed by atoms with Crippen molar-refractivity contribution in [1.29, 1.82) is 0 Å². The van der Waals surface area contributed by atoms with E-state index in [-0.39, 0.29) is 30.7 Å². The number of nitrogens with two attached hydrogens (primary N) is 1. The van der Waals surface area contributed by atoms with Crippen LogP contribution in [0.3, 0.4) is 0 Å². The molecule has 0 radical (unpaired) electrons. The van der Waals surface area contributed by atoms with Gasteiger partial charge in [0, 0.05) is 37.6 Å². The third-order valence-electron chi connectivity index (χ3n) is 3.94. The average molecular weight is 577 g/mol. The van der Waals surface area contributed by atoms with Crippen LogP contribution in [0.2, 0.25) is 0 Å². The Balaban J connectivity index is 0.000000750. The van der Waals surface area contributed by atoms with Gasteiger partial charge in [-0.25, -0.2) is 14.8 Å². The standard InChI is InChI=1S/C14H19F3N2O3.C9H11F3N2O.ClH/c1-13(2,3)22-12(20)19-9-10-4-6-18-11(8-10)21-7-5-14(15,16)17;10-9(11,12)2-4-15-8-5-7(6-13)1-3-14-8;/h4,6,8H,5,7,9H2,1-3H3,(H,19,20);1,3,5H,2,4,6,13H2;1H. The first-order valence-corrected chi connectivity index (χ1v) is 11.0. The highest BCUT2D eigenvalue weighted by Gasteiger charge is 2.27. The van der Waals surface area contributed by atoms with Crippen molar-refractivity contribution in [2.75, 3.05) is 13.2 Å². The number of amides is 1. The van der Waals surface area contributed by atoms with Gasteiger partial charge in [0.1, 0.15) is 5.60 Å². The van der Waals surface area contributed by atoms with Crippen LogP contribution in [-0.2, 0) is 17.8 Å². The zero-order valence-electron chi connectivity index (χ0n) is 21.0. The smallest absolute Gasteiger partial charge is 0.407 e. The number of carbonyl (C=O) groups excluding carboxylic acids is 1. The molecule has 216 valence electrons. The van der Waals surface area contributed by atoms with Crippen LogP contribution in [0.4, 0.5) is 31.1 Å². The molecule has 2 heterocycles. The van der Waals surface area contributed by atoms with E-state index in [1.165, 1.54) is 24.5 Å². The van der Waals surface area contributed by atoms with Gasteiger partial charge in [0.2, 0.25) is 11.8 Å². The summed E-state index contributed by atoms with van der Waals surface area (Å²) >= 11 is 0. The molecule has 0 fully saturated rings. The number of alkyl halides is 6. The summed E-state index contributed by atoms with van der Waals surface area (Å²) in [4.78, 5) is 19.1. The SMILES string of the molecule is CC(C)(C)OC(=O)NCc1ccnc(OCCC(F)(F)F)c1.Cl.NCc1ccnc(OCCC(F)(F)F)c1. The molecule has 0 aliphatic heterocycles. The average Bonchev–Trinajstić information content (AvgIpc) is 2.76. The first kappa shape index (κ1) is 35.0. The van der Waals surface area contributed by atoms with Crippen LogP contribution in [0, 0.1) is 0 Å². The Morgan fingerprint density at radius 3 is 1.74 bits per heavy atom. The van der Waals surface area contributed by atoms with Gasteiger partial charge in [-0.3, -0.25) is 0 Å². The molecule has 1 amide bonds. The van der Waals surface area contributed by atoms with E-state index in [0.29, 0.717) is 12.1 Å². The molecule has 8 nitrogen and oxygen atoms in total. The van der Waals surface area contributed by atoms with Gasteiger partial charge in [0.15, 0.2) is 0 Å².